The van der Waals surface area contributed by atoms with E-state index in [9.17, 15) is 19.1 Å². The number of carbonyl (C=O) groups is 2. The molecule has 4 aromatic rings. The zero-order chi connectivity index (χ0) is 27.8. The molecule has 10 heteroatoms. The Bertz CT molecular complexity index is 1630. The van der Waals surface area contributed by atoms with Crippen molar-refractivity contribution < 1.29 is 28.6 Å². The van der Waals surface area contributed by atoms with Gasteiger partial charge in [0.05, 0.1) is 36.4 Å². The minimum Gasteiger partial charge on any atom is -0.507 e. The van der Waals surface area contributed by atoms with E-state index in [0.717, 1.165) is 16.5 Å². The number of rotatable bonds is 7. The van der Waals surface area contributed by atoms with Crippen molar-refractivity contribution >= 4 is 51.6 Å². The van der Waals surface area contributed by atoms with Gasteiger partial charge in [-0.2, -0.15) is 0 Å². The van der Waals surface area contributed by atoms with Crippen molar-refractivity contribution in [2.24, 2.45) is 0 Å². The number of aliphatic hydroxyl groups excluding tert-OH is 1. The Balaban J connectivity index is 1.69. The first kappa shape index (κ1) is 26.6. The van der Waals surface area contributed by atoms with E-state index in [2.05, 4.69) is 4.98 Å². The lowest BCUT2D eigenvalue weighted by Crippen LogP contribution is -2.31. The van der Waals surface area contributed by atoms with Gasteiger partial charge >= 0.3 is 0 Å². The molecule has 39 heavy (non-hydrogen) atoms. The number of para-hydroxylation sites is 1. The second kappa shape index (κ2) is 10.6. The molecule has 1 aliphatic heterocycles. The summed E-state index contributed by atoms with van der Waals surface area (Å²) in [6.07, 6.45) is 2.07. The summed E-state index contributed by atoms with van der Waals surface area (Å²) >= 11 is 12.8. The fourth-order valence-corrected chi connectivity index (χ4v) is 5.63. The summed E-state index contributed by atoms with van der Waals surface area (Å²) in [7, 11) is 2.74. The average Bonchev–Trinajstić information content (AvgIpc) is 3.46. The number of aliphatic hydroxyl groups is 1. The summed E-state index contributed by atoms with van der Waals surface area (Å²) in [5.74, 6) is -2.34. The molecule has 0 radical (unpaired) electrons. The molecule has 1 unspecified atom stereocenters. The van der Waals surface area contributed by atoms with Crippen LogP contribution in [0.3, 0.4) is 0 Å². The molecule has 1 saturated heterocycles. The van der Waals surface area contributed by atoms with Crippen LogP contribution in [-0.4, -0.2) is 47.4 Å². The van der Waals surface area contributed by atoms with Gasteiger partial charge in [0.15, 0.2) is 11.5 Å². The molecule has 1 aromatic heterocycles. The number of Topliss-reactive ketones (excluding diaryl/α,β-unsaturated/α-hetero) is 1. The van der Waals surface area contributed by atoms with Crippen LogP contribution < -0.4 is 9.47 Å². The minimum absolute atomic E-state index is 0.00299. The van der Waals surface area contributed by atoms with E-state index in [1.807, 2.05) is 24.3 Å². The predicted octanol–water partition coefficient (Wildman–Crippen LogP) is 6.30. The zero-order valence-corrected chi connectivity index (χ0v) is 22.4. The van der Waals surface area contributed by atoms with E-state index in [1.54, 1.807) is 18.3 Å². The number of benzene rings is 3. The number of aromatic amines is 1. The predicted molar refractivity (Wildman–Crippen MR) is 147 cm³/mol. The van der Waals surface area contributed by atoms with Crippen molar-refractivity contribution in [2.75, 3.05) is 20.8 Å². The largest absolute Gasteiger partial charge is 0.507 e. The first-order valence-corrected chi connectivity index (χ1v) is 12.7. The van der Waals surface area contributed by atoms with E-state index in [1.165, 1.54) is 37.3 Å². The summed E-state index contributed by atoms with van der Waals surface area (Å²) in [6, 6.07) is 13.8. The third-order valence-electron chi connectivity index (χ3n) is 6.81. The lowest BCUT2D eigenvalue weighted by atomic mass is 9.94. The van der Waals surface area contributed by atoms with E-state index in [-0.39, 0.29) is 45.0 Å². The Labute approximate surface area is 233 Å². The van der Waals surface area contributed by atoms with E-state index >= 15 is 0 Å². The van der Waals surface area contributed by atoms with Crippen LogP contribution in [0.15, 0.2) is 66.4 Å². The number of nitrogens with zero attached hydrogens (tertiary/aromatic N) is 1. The van der Waals surface area contributed by atoms with Crippen LogP contribution in [0.25, 0.3) is 16.7 Å². The molecule has 2 N–H and O–H groups in total. The average molecular weight is 569 g/mol. The third-order valence-corrected chi connectivity index (χ3v) is 7.43. The highest BCUT2D eigenvalue weighted by Crippen LogP contribution is 2.48. The first-order valence-electron chi connectivity index (χ1n) is 12.0. The molecule has 1 amide bonds. The topological polar surface area (TPSA) is 91.9 Å². The molecule has 2 heterocycles. The minimum atomic E-state index is -0.939. The molecule has 1 atom stereocenters. The quantitative estimate of drug-likeness (QED) is 0.155. The molecule has 1 aliphatic rings. The molecule has 0 saturated carbocycles. The first-order chi connectivity index (χ1) is 18.8. The summed E-state index contributed by atoms with van der Waals surface area (Å²) in [5.41, 5.74) is 2.10. The van der Waals surface area contributed by atoms with Crippen LogP contribution in [0, 0.1) is 5.82 Å². The number of nitrogens with one attached hydrogen (secondary N) is 1. The van der Waals surface area contributed by atoms with Crippen LogP contribution in [0.4, 0.5) is 4.39 Å². The molecule has 0 aliphatic carbocycles. The van der Waals surface area contributed by atoms with Gasteiger partial charge in [-0.05, 0) is 36.2 Å². The third kappa shape index (κ3) is 4.60. The Morgan fingerprint density at radius 1 is 1.05 bits per heavy atom. The van der Waals surface area contributed by atoms with Gasteiger partial charge in [-0.1, -0.05) is 53.5 Å². The Morgan fingerprint density at radius 2 is 1.74 bits per heavy atom. The highest BCUT2D eigenvalue weighted by molar-refractivity contribution is 6.47. The number of carbonyl (C=O) groups excluding carboxylic acids is 2. The Morgan fingerprint density at radius 3 is 2.44 bits per heavy atom. The number of ether oxygens (including phenoxy) is 2. The second-order valence-corrected chi connectivity index (χ2v) is 9.73. The standard InChI is InChI=1S/C29H23Cl2FN2O5/c1-38-27-18(13-20(30)28(39-2)23(27)31)25(35)22-24(19-14-33-21-6-4-3-5-17(19)21)34(29(37)26(22)36)12-11-15-7-9-16(32)10-8-15/h3-10,13-14,24,33,35H,11-12H2,1-2H3/b25-22+. The van der Waals surface area contributed by atoms with Crippen LogP contribution >= 0.6 is 23.2 Å². The fourth-order valence-electron chi connectivity index (χ4n) is 4.95. The Kier molecular flexibility index (Phi) is 7.25. The second-order valence-electron chi connectivity index (χ2n) is 8.94. The summed E-state index contributed by atoms with van der Waals surface area (Å²) < 4.78 is 24.1. The van der Waals surface area contributed by atoms with Crippen molar-refractivity contribution in [3.63, 3.8) is 0 Å². The highest BCUT2D eigenvalue weighted by Gasteiger charge is 2.47. The molecule has 0 spiro atoms. The number of aromatic nitrogens is 1. The molecular weight excluding hydrogens is 546 g/mol. The number of hydrogen-bond acceptors (Lipinski definition) is 5. The van der Waals surface area contributed by atoms with Crippen molar-refractivity contribution in [3.8, 4) is 11.5 Å². The highest BCUT2D eigenvalue weighted by atomic mass is 35.5. The molecule has 200 valence electrons. The van der Waals surface area contributed by atoms with Crippen molar-refractivity contribution in [2.45, 2.75) is 12.5 Å². The van der Waals surface area contributed by atoms with E-state index in [4.69, 9.17) is 32.7 Å². The maximum Gasteiger partial charge on any atom is 0.295 e. The number of H-pyrrole nitrogens is 1. The number of ketones is 1. The maximum absolute atomic E-state index is 13.5. The van der Waals surface area contributed by atoms with Crippen LogP contribution in [0.2, 0.25) is 10.0 Å². The van der Waals surface area contributed by atoms with Crippen LogP contribution in [0.1, 0.15) is 22.7 Å². The zero-order valence-electron chi connectivity index (χ0n) is 20.9. The number of halogens is 3. The maximum atomic E-state index is 13.5. The van der Waals surface area contributed by atoms with Gasteiger partial charge in [0.25, 0.3) is 11.7 Å². The number of hydrogen-bond donors (Lipinski definition) is 2. The molecule has 3 aromatic carbocycles. The van der Waals surface area contributed by atoms with Crippen molar-refractivity contribution in [1.29, 1.82) is 0 Å². The number of methoxy groups -OCH3 is 2. The monoisotopic (exact) mass is 568 g/mol. The normalized spacial score (nSPS) is 16.7. The molecule has 0 bridgehead atoms. The Hall–Kier alpha value is -4.01. The van der Waals surface area contributed by atoms with Crippen LogP contribution in [0.5, 0.6) is 11.5 Å². The summed E-state index contributed by atoms with van der Waals surface area (Å²) in [5, 5.41) is 12.5. The van der Waals surface area contributed by atoms with Gasteiger partial charge in [0.2, 0.25) is 0 Å². The SMILES string of the molecule is COc1c(Cl)cc(/C(O)=C2\C(=O)C(=O)N(CCc3ccc(F)cc3)C2c2c[nH]c3ccccc23)c(OC)c1Cl. The van der Waals surface area contributed by atoms with Gasteiger partial charge in [0.1, 0.15) is 16.6 Å². The number of fused-ring (bicyclic) bond motifs is 1. The lowest BCUT2D eigenvalue weighted by Gasteiger charge is -2.25. The molecular formula is C29H23Cl2FN2O5. The van der Waals surface area contributed by atoms with Gasteiger partial charge in [-0.3, -0.25) is 9.59 Å². The molecule has 1 fully saturated rings. The van der Waals surface area contributed by atoms with E-state index in [0.29, 0.717) is 12.0 Å². The van der Waals surface area contributed by atoms with Gasteiger partial charge < -0.3 is 24.5 Å². The van der Waals surface area contributed by atoms with Crippen molar-refractivity contribution in [1.82, 2.24) is 9.88 Å². The number of likely N-dealkylation sites (tertiary alicyclic amines) is 1. The number of amides is 1. The molecule has 7 nitrogen and oxygen atoms in total. The smallest absolute Gasteiger partial charge is 0.295 e. The summed E-state index contributed by atoms with van der Waals surface area (Å²) in [6.45, 7) is 0.137. The van der Waals surface area contributed by atoms with Gasteiger partial charge in [-0.25, -0.2) is 4.39 Å². The van der Waals surface area contributed by atoms with Gasteiger partial charge in [-0.15, -0.1) is 0 Å². The summed E-state index contributed by atoms with van der Waals surface area (Å²) in [4.78, 5) is 31.5. The van der Waals surface area contributed by atoms with Crippen LogP contribution in [-0.2, 0) is 16.0 Å². The van der Waals surface area contributed by atoms with Gasteiger partial charge in [0, 0.05) is 29.2 Å². The van der Waals surface area contributed by atoms with E-state index < -0.39 is 23.5 Å². The lowest BCUT2D eigenvalue weighted by molar-refractivity contribution is -0.139. The fraction of sp³-hybridized carbons (Fsp3) is 0.172. The van der Waals surface area contributed by atoms with Crippen molar-refractivity contribution in [3.05, 3.63) is 98.9 Å². The molecule has 5 rings (SSSR count).